The van der Waals surface area contributed by atoms with E-state index in [2.05, 4.69) is 10.4 Å². The van der Waals surface area contributed by atoms with Crippen molar-refractivity contribution in [3.05, 3.63) is 17.5 Å². The summed E-state index contributed by atoms with van der Waals surface area (Å²) in [5.74, 6) is -1.33. The fourth-order valence-electron chi connectivity index (χ4n) is 2.40. The Hall–Kier alpha value is -2.10. The lowest BCUT2D eigenvalue weighted by molar-refractivity contribution is -0.142. The van der Waals surface area contributed by atoms with Gasteiger partial charge < -0.3 is 15.8 Å². The predicted octanol–water partition coefficient (Wildman–Crippen LogP) is 0.361. The summed E-state index contributed by atoms with van der Waals surface area (Å²) in [7, 11) is 0. The van der Waals surface area contributed by atoms with Crippen LogP contribution in [0, 0.1) is 6.92 Å². The van der Waals surface area contributed by atoms with E-state index >= 15 is 0 Å². The van der Waals surface area contributed by atoms with Crippen molar-refractivity contribution in [2.45, 2.75) is 38.0 Å². The molecule has 2 heterocycles. The van der Waals surface area contributed by atoms with Crippen molar-refractivity contribution < 1.29 is 27.5 Å². The number of rotatable bonds is 4. The lowest BCUT2D eigenvalue weighted by Gasteiger charge is -2.34. The number of primary amides is 1. The summed E-state index contributed by atoms with van der Waals surface area (Å²) < 4.78 is 43.9. The normalized spacial score (nSPS) is 17.7. The van der Waals surface area contributed by atoms with Gasteiger partial charge >= 0.3 is 6.18 Å². The number of carbonyl (C=O) groups is 2. The summed E-state index contributed by atoms with van der Waals surface area (Å²) in [6, 6.07) is 0.853. The van der Waals surface area contributed by atoms with Crippen LogP contribution in [-0.4, -0.2) is 40.3 Å². The molecular formula is C13H17F3N4O3. The maximum atomic E-state index is 12.6. The van der Waals surface area contributed by atoms with Gasteiger partial charge in [0.25, 0.3) is 0 Å². The zero-order valence-corrected chi connectivity index (χ0v) is 12.4. The van der Waals surface area contributed by atoms with Crippen LogP contribution in [0.1, 0.15) is 24.2 Å². The predicted molar refractivity (Wildman–Crippen MR) is 72.1 cm³/mol. The van der Waals surface area contributed by atoms with Crippen molar-refractivity contribution >= 4 is 11.8 Å². The third kappa shape index (κ3) is 3.81. The second-order valence-electron chi connectivity index (χ2n) is 5.43. The van der Waals surface area contributed by atoms with E-state index in [0.717, 1.165) is 10.7 Å². The van der Waals surface area contributed by atoms with Gasteiger partial charge in [-0.3, -0.25) is 14.3 Å². The van der Waals surface area contributed by atoms with Crippen LogP contribution >= 0.6 is 0 Å². The monoisotopic (exact) mass is 334 g/mol. The Bertz CT molecular complexity index is 606. The molecule has 128 valence electrons. The highest BCUT2D eigenvalue weighted by Crippen LogP contribution is 2.28. The van der Waals surface area contributed by atoms with Crippen LogP contribution in [0.3, 0.4) is 0 Å². The van der Waals surface area contributed by atoms with E-state index in [1.807, 2.05) is 0 Å². The van der Waals surface area contributed by atoms with Gasteiger partial charge in [-0.15, -0.1) is 0 Å². The molecule has 2 rings (SSSR count). The molecule has 1 fully saturated rings. The first-order valence-electron chi connectivity index (χ1n) is 6.94. The number of alkyl halides is 3. The molecule has 1 saturated heterocycles. The molecular weight excluding hydrogens is 317 g/mol. The minimum absolute atomic E-state index is 0.188. The summed E-state index contributed by atoms with van der Waals surface area (Å²) >= 11 is 0. The molecule has 0 spiro atoms. The minimum Gasteiger partial charge on any atom is -0.381 e. The van der Waals surface area contributed by atoms with Gasteiger partial charge in [0.15, 0.2) is 5.69 Å². The molecule has 1 aromatic heterocycles. The van der Waals surface area contributed by atoms with E-state index in [1.54, 1.807) is 0 Å². The number of aromatic nitrogens is 2. The van der Waals surface area contributed by atoms with E-state index in [0.29, 0.717) is 0 Å². The van der Waals surface area contributed by atoms with Crippen molar-refractivity contribution in [3.63, 3.8) is 0 Å². The minimum atomic E-state index is -4.58. The number of amides is 2. The Labute approximate surface area is 130 Å². The van der Waals surface area contributed by atoms with Crippen LogP contribution in [0.5, 0.6) is 0 Å². The van der Waals surface area contributed by atoms with Crippen LogP contribution in [0.15, 0.2) is 6.07 Å². The largest absolute Gasteiger partial charge is 0.435 e. The number of nitrogens with zero attached hydrogens (tertiary/aromatic N) is 2. The molecule has 7 nitrogen and oxygen atoms in total. The van der Waals surface area contributed by atoms with Crippen LogP contribution in [0.25, 0.3) is 0 Å². The van der Waals surface area contributed by atoms with Gasteiger partial charge in [0.1, 0.15) is 12.1 Å². The summed E-state index contributed by atoms with van der Waals surface area (Å²) in [5, 5.41) is 5.89. The Morgan fingerprint density at radius 1 is 1.43 bits per heavy atom. The molecule has 0 bridgehead atoms. The lowest BCUT2D eigenvalue weighted by Crippen LogP contribution is -2.60. The van der Waals surface area contributed by atoms with Crippen LogP contribution in [0.2, 0.25) is 0 Å². The molecule has 0 aliphatic carbocycles. The summed E-state index contributed by atoms with van der Waals surface area (Å²) in [4.78, 5) is 23.7. The van der Waals surface area contributed by atoms with E-state index < -0.39 is 35.8 Å². The van der Waals surface area contributed by atoms with E-state index in [9.17, 15) is 22.8 Å². The van der Waals surface area contributed by atoms with E-state index in [4.69, 9.17) is 10.5 Å². The number of hydrogen-bond acceptors (Lipinski definition) is 4. The maximum absolute atomic E-state index is 12.6. The van der Waals surface area contributed by atoms with Gasteiger partial charge in [-0.2, -0.15) is 18.3 Å². The zero-order chi connectivity index (χ0) is 17.3. The van der Waals surface area contributed by atoms with E-state index in [-0.39, 0.29) is 31.7 Å². The second kappa shape index (κ2) is 6.19. The highest BCUT2D eigenvalue weighted by molar-refractivity contribution is 5.90. The Kier molecular flexibility index (Phi) is 4.64. The zero-order valence-electron chi connectivity index (χ0n) is 12.4. The summed E-state index contributed by atoms with van der Waals surface area (Å²) in [5.41, 5.74) is 3.24. The Balaban J connectivity index is 2.10. The second-order valence-corrected chi connectivity index (χ2v) is 5.43. The Morgan fingerprint density at radius 2 is 2.04 bits per heavy atom. The van der Waals surface area contributed by atoms with Gasteiger partial charge in [0.05, 0.1) is 0 Å². The van der Waals surface area contributed by atoms with Crippen molar-refractivity contribution in [2.75, 3.05) is 13.2 Å². The standard InChI is InChI=1S/C13H17F3N4O3/c1-8-6-9(13(14,15)16)19-20(8)7-10(21)18-12(11(17)22)2-4-23-5-3-12/h6H,2-5,7H2,1H3,(H2,17,22)(H,18,21). The first kappa shape index (κ1) is 17.3. The van der Waals surface area contributed by atoms with Gasteiger partial charge in [-0.05, 0) is 13.0 Å². The number of nitrogens with two attached hydrogens (primary N) is 1. The van der Waals surface area contributed by atoms with Gasteiger partial charge in [0, 0.05) is 31.7 Å². The van der Waals surface area contributed by atoms with Crippen molar-refractivity contribution in [3.8, 4) is 0 Å². The molecule has 1 aliphatic heterocycles. The summed E-state index contributed by atoms with van der Waals surface area (Å²) in [6.45, 7) is 1.51. The number of aryl methyl sites for hydroxylation is 1. The van der Waals surface area contributed by atoms with Crippen molar-refractivity contribution in [1.82, 2.24) is 15.1 Å². The maximum Gasteiger partial charge on any atom is 0.435 e. The quantitative estimate of drug-likeness (QED) is 0.830. The number of nitrogens with one attached hydrogen (secondary N) is 1. The fourth-order valence-corrected chi connectivity index (χ4v) is 2.40. The highest BCUT2D eigenvalue weighted by Gasteiger charge is 2.40. The number of carbonyl (C=O) groups excluding carboxylic acids is 2. The molecule has 2 amide bonds. The molecule has 10 heteroatoms. The molecule has 1 aromatic rings. The van der Waals surface area contributed by atoms with E-state index in [1.165, 1.54) is 6.92 Å². The number of ether oxygens (including phenoxy) is 1. The fraction of sp³-hybridized carbons (Fsp3) is 0.615. The summed E-state index contributed by atoms with van der Waals surface area (Å²) in [6.07, 6.45) is -4.14. The molecule has 0 radical (unpaired) electrons. The average Bonchev–Trinajstić information content (AvgIpc) is 2.81. The smallest absolute Gasteiger partial charge is 0.381 e. The number of hydrogen-bond donors (Lipinski definition) is 2. The number of halogens is 3. The molecule has 0 atom stereocenters. The lowest BCUT2D eigenvalue weighted by atomic mass is 9.89. The molecule has 3 N–H and O–H groups in total. The van der Waals surface area contributed by atoms with Gasteiger partial charge in [-0.25, -0.2) is 0 Å². The van der Waals surface area contributed by atoms with Gasteiger partial charge in [-0.1, -0.05) is 0 Å². The molecule has 23 heavy (non-hydrogen) atoms. The first-order valence-corrected chi connectivity index (χ1v) is 6.94. The molecule has 0 saturated carbocycles. The van der Waals surface area contributed by atoms with Gasteiger partial charge in [0.2, 0.25) is 11.8 Å². The third-order valence-corrected chi connectivity index (χ3v) is 3.76. The van der Waals surface area contributed by atoms with Crippen LogP contribution in [0.4, 0.5) is 13.2 Å². The highest BCUT2D eigenvalue weighted by atomic mass is 19.4. The third-order valence-electron chi connectivity index (χ3n) is 3.76. The molecule has 0 unspecified atom stereocenters. The Morgan fingerprint density at radius 3 is 2.52 bits per heavy atom. The van der Waals surface area contributed by atoms with Crippen molar-refractivity contribution in [1.29, 1.82) is 0 Å². The van der Waals surface area contributed by atoms with Crippen molar-refractivity contribution in [2.24, 2.45) is 5.73 Å². The topological polar surface area (TPSA) is 99.2 Å². The van der Waals surface area contributed by atoms with Crippen LogP contribution in [-0.2, 0) is 27.0 Å². The average molecular weight is 334 g/mol. The molecule has 0 aromatic carbocycles. The SMILES string of the molecule is Cc1cc(C(F)(F)F)nn1CC(=O)NC1(C(N)=O)CCOCC1. The first-order chi connectivity index (χ1) is 10.6. The van der Waals surface area contributed by atoms with Crippen LogP contribution < -0.4 is 11.1 Å². The molecule has 1 aliphatic rings.